The lowest BCUT2D eigenvalue weighted by atomic mass is 10.4. The van der Waals surface area contributed by atoms with E-state index in [0.717, 1.165) is 117 Å². The van der Waals surface area contributed by atoms with E-state index in [1.165, 1.54) is 0 Å². The predicted octanol–water partition coefficient (Wildman–Crippen LogP) is -0.853. The van der Waals surface area contributed by atoms with Crippen LogP contribution in [0, 0.1) is 0 Å². The number of carbonyl (C=O) groups excluding carboxylic acids is 4. The Labute approximate surface area is 262 Å². The van der Waals surface area contributed by atoms with Crippen LogP contribution >= 0.6 is 0 Å². The molecule has 0 saturated carbocycles. The number of hydrogen-bond acceptors (Lipinski definition) is 12. The average molecular weight is 627 g/mol. The van der Waals surface area contributed by atoms with E-state index in [4.69, 9.17) is 0 Å². The van der Waals surface area contributed by atoms with Gasteiger partial charge in [0.25, 0.3) is 0 Å². The van der Waals surface area contributed by atoms with E-state index in [9.17, 15) is 19.2 Å². The zero-order valence-corrected chi connectivity index (χ0v) is 27.5. The Hall–Kier alpha value is -1.64. The van der Waals surface area contributed by atoms with Gasteiger partial charge in [-0.25, -0.2) is 0 Å². The van der Waals surface area contributed by atoms with Gasteiger partial charge in [-0.15, -0.1) is 0 Å². The summed E-state index contributed by atoms with van der Waals surface area (Å²) in [7, 11) is 8.45. The minimum atomic E-state index is 0. The summed E-state index contributed by atoms with van der Waals surface area (Å²) in [4.78, 5) is 59.6. The molecule has 252 valence electrons. The van der Waals surface area contributed by atoms with Crippen molar-refractivity contribution >= 4 is 24.1 Å². The van der Waals surface area contributed by atoms with Crippen LogP contribution in [0.2, 0.25) is 0 Å². The standard InChI is InChI=1S/2C8H16N2O.2C7H14N2O.CH4/c2*1-8(11)7-10-5-3-9(2)4-6-10;2*1-8-2-4-9(5-3-8)6-7-10;/h2*3-7H2,1-2H3;2*7H,2-6H2,1H3;1H4/i3+1,5+1,7+1,10+1;7+1,10+1,11+2;2+1,4+1,9+1;6+1,10+2;. The lowest BCUT2D eigenvalue weighted by Gasteiger charge is -2.31. The summed E-state index contributed by atoms with van der Waals surface area (Å²) < 4.78 is 0. The van der Waals surface area contributed by atoms with Crippen LogP contribution in [0.15, 0.2) is 0 Å². The molecule has 0 N–H and O–H groups in total. The normalized spacial score (nSPS) is 21.9. The fourth-order valence-electron chi connectivity index (χ4n) is 4.91. The fraction of sp³-hybridized carbons (Fsp3) is 0.871. The number of rotatable bonds is 8. The summed E-state index contributed by atoms with van der Waals surface area (Å²) in [6.07, 6.45) is 1.96. The number of likely N-dealkylation sites (N-methyl/N-ethyl adjacent to an activating group) is 4. The fourth-order valence-corrected chi connectivity index (χ4v) is 4.91. The SMILES string of the molecule is C.CC(=O)[13CH2][15N]1CCN(C)[13CH2][13CH2]1.CC(=[18O])[13CH2][15N]1CCN(C)CC1.CN1CCN([13CH2]C=[18O])CC1.CN1CC[15N](CC=O)[13CH2][13CH2]1. The largest absolute Gasteiger partial charge is 0.304 e. The molecule has 0 bridgehead atoms. The molecule has 0 aliphatic carbocycles. The van der Waals surface area contributed by atoms with Crippen molar-refractivity contribution in [3.8, 4) is 0 Å². The first-order chi connectivity index (χ1) is 20.0. The Balaban J connectivity index is 0.000000543. The highest BCUT2D eigenvalue weighted by molar-refractivity contribution is 5.77. The van der Waals surface area contributed by atoms with Gasteiger partial charge in [0, 0.05) is 105 Å². The van der Waals surface area contributed by atoms with Crippen LogP contribution in [0.4, 0.5) is 0 Å². The maximum absolute atomic E-state index is 10.7. The molecule has 0 radical (unpaired) electrons. The maximum atomic E-state index is 10.7. The van der Waals surface area contributed by atoms with Crippen molar-refractivity contribution in [2.24, 2.45) is 0 Å². The summed E-state index contributed by atoms with van der Waals surface area (Å²) in [6, 6.07) is 0. The van der Waals surface area contributed by atoms with Crippen molar-refractivity contribution in [3.05, 3.63) is 0 Å². The molecule has 4 aliphatic heterocycles. The quantitative estimate of drug-likeness (QED) is 0.145. The third kappa shape index (κ3) is 21.7. The molecule has 43 heavy (non-hydrogen) atoms. The summed E-state index contributed by atoms with van der Waals surface area (Å²) >= 11 is 0. The summed E-state index contributed by atoms with van der Waals surface area (Å²) in [5, 5.41) is 0. The Morgan fingerprint density at radius 1 is 0.558 bits per heavy atom. The van der Waals surface area contributed by atoms with Crippen molar-refractivity contribution < 1.29 is 19.2 Å². The number of nitrogens with zero attached hydrogens (tertiary/aromatic N) is 8. The van der Waals surface area contributed by atoms with Gasteiger partial charge >= 0.3 is 0 Å². The molecule has 0 unspecified atom stereocenters. The van der Waals surface area contributed by atoms with Crippen LogP contribution in [-0.4, -0.2) is 222 Å². The molecular weight excluding hydrogens is 562 g/mol. The lowest BCUT2D eigenvalue weighted by molar-refractivity contribution is -0.119. The number of piperazine rings is 4. The van der Waals surface area contributed by atoms with Crippen molar-refractivity contribution in [1.29, 1.82) is 0 Å². The molecular formula is C31H64N8O4. The van der Waals surface area contributed by atoms with Crippen LogP contribution in [0.25, 0.3) is 0 Å². The number of carbonyl (C=O) groups is 4. The van der Waals surface area contributed by atoms with E-state index in [2.05, 4.69) is 67.4 Å². The van der Waals surface area contributed by atoms with Gasteiger partial charge in [-0.1, -0.05) is 7.43 Å². The molecule has 0 atom stereocenters. The van der Waals surface area contributed by atoms with E-state index in [1.54, 1.807) is 13.8 Å². The van der Waals surface area contributed by atoms with Crippen LogP contribution in [0.5, 0.6) is 0 Å². The molecule has 4 aliphatic rings. The highest BCUT2D eigenvalue weighted by atomic mass is 18.1. The van der Waals surface area contributed by atoms with E-state index in [1.807, 2.05) is 0 Å². The third-order valence-corrected chi connectivity index (χ3v) is 7.94. The van der Waals surface area contributed by atoms with E-state index in [-0.39, 0.29) is 19.0 Å². The van der Waals surface area contributed by atoms with Crippen molar-refractivity contribution in [2.75, 3.05) is 159 Å². The second-order valence-corrected chi connectivity index (χ2v) is 12.1. The van der Waals surface area contributed by atoms with E-state index >= 15 is 0 Å². The van der Waals surface area contributed by atoms with E-state index < -0.39 is 0 Å². The lowest BCUT2D eigenvalue weighted by Crippen LogP contribution is -2.45. The molecule has 0 aromatic carbocycles. The van der Waals surface area contributed by atoms with Gasteiger partial charge < -0.3 is 29.2 Å². The van der Waals surface area contributed by atoms with E-state index in [0.29, 0.717) is 26.2 Å². The molecule has 4 heterocycles. The van der Waals surface area contributed by atoms with Crippen molar-refractivity contribution in [3.63, 3.8) is 0 Å². The summed E-state index contributed by atoms with van der Waals surface area (Å²) in [5.41, 5.74) is 0. The number of hydrogen-bond donors (Lipinski definition) is 0. The molecule has 12 nitrogen and oxygen atoms in total. The maximum Gasteiger partial charge on any atom is 0.143 e. The molecule has 0 amide bonds. The predicted molar refractivity (Wildman–Crippen MR) is 176 cm³/mol. The zero-order valence-electron chi connectivity index (χ0n) is 27.5. The van der Waals surface area contributed by atoms with Gasteiger partial charge in [-0.3, -0.25) is 29.2 Å². The third-order valence-electron chi connectivity index (χ3n) is 7.94. The van der Waals surface area contributed by atoms with Gasteiger partial charge in [-0.05, 0) is 42.0 Å². The van der Waals surface area contributed by atoms with Gasteiger partial charge in [0.15, 0.2) is 0 Å². The second-order valence-electron chi connectivity index (χ2n) is 12.1. The molecule has 0 aromatic heterocycles. The summed E-state index contributed by atoms with van der Waals surface area (Å²) in [5.74, 6) is 0.545. The summed E-state index contributed by atoms with van der Waals surface area (Å²) in [6.45, 7) is 22.8. The Morgan fingerprint density at radius 2 is 0.860 bits per heavy atom. The number of Topliss-reactive ketones (excluding diaryl/α,β-unsaturated/α-hetero) is 2. The zero-order chi connectivity index (χ0) is 31.3. The molecule has 4 rings (SSSR count). The Bertz CT molecular complexity index is 680. The average Bonchev–Trinajstić information content (AvgIpc) is 2.95. The minimum Gasteiger partial charge on any atom is -0.304 e. The van der Waals surface area contributed by atoms with Gasteiger partial charge in [-0.2, -0.15) is 0 Å². The molecule has 0 spiro atoms. The van der Waals surface area contributed by atoms with Crippen molar-refractivity contribution in [1.82, 2.24) is 39.2 Å². The first kappa shape index (κ1) is 41.4. The number of ketones is 2. The van der Waals surface area contributed by atoms with Crippen molar-refractivity contribution in [2.45, 2.75) is 21.3 Å². The highest BCUT2D eigenvalue weighted by Crippen LogP contribution is 1.99. The van der Waals surface area contributed by atoms with Crippen LogP contribution in [0.3, 0.4) is 0 Å². The first-order valence-electron chi connectivity index (χ1n) is 15.5. The molecule has 4 fully saturated rings. The topological polar surface area (TPSA) is 94.2 Å². The van der Waals surface area contributed by atoms with Gasteiger partial charge in [0.05, 0.1) is 26.2 Å². The van der Waals surface area contributed by atoms with Gasteiger partial charge in [0.2, 0.25) is 0 Å². The number of aldehydes is 2. The van der Waals surface area contributed by atoms with Gasteiger partial charge in [0.1, 0.15) is 24.1 Å². The molecule has 12 heteroatoms. The Morgan fingerprint density at radius 3 is 1.14 bits per heavy atom. The monoisotopic (exact) mass is 627 g/mol. The molecule has 0 aromatic rings. The second kappa shape index (κ2) is 24.7. The first-order valence-corrected chi connectivity index (χ1v) is 15.5. The van der Waals surface area contributed by atoms with Crippen LogP contribution in [-0.2, 0) is 19.2 Å². The highest BCUT2D eigenvalue weighted by Gasteiger charge is 2.15. The van der Waals surface area contributed by atoms with Crippen LogP contribution in [0.1, 0.15) is 21.3 Å². The Kier molecular flexibility index (Phi) is 23.7. The smallest absolute Gasteiger partial charge is 0.143 e. The molecule has 4 saturated heterocycles. The van der Waals surface area contributed by atoms with Crippen LogP contribution < -0.4 is 0 Å². The minimum absolute atomic E-state index is 0.